The van der Waals surface area contributed by atoms with Crippen LogP contribution in [0.1, 0.15) is 0 Å². The van der Waals surface area contributed by atoms with Crippen LogP contribution in [-0.2, 0) is 0 Å². The molecular formula is C6H2BrFIN3. The number of hydrogen-bond acceptors (Lipinski definition) is 1. The third-order valence-electron chi connectivity index (χ3n) is 1.14. The maximum atomic E-state index is 12.9. The summed E-state index contributed by atoms with van der Waals surface area (Å²) in [4.78, 5) is 2.56. The van der Waals surface area contributed by atoms with Crippen LogP contribution in [0.3, 0.4) is 0 Å². The Bertz CT molecular complexity index is 362. The molecule has 6 heteroatoms. The largest absolute Gasteiger partial charge is 0.206 e. The fourth-order valence-corrected chi connectivity index (χ4v) is 1.95. The summed E-state index contributed by atoms with van der Waals surface area (Å²) in [6, 6.07) is 2.74. The molecule has 0 aromatic heterocycles. The zero-order valence-electron chi connectivity index (χ0n) is 5.63. The molecule has 0 aliphatic heterocycles. The number of azide groups is 1. The summed E-state index contributed by atoms with van der Waals surface area (Å²) in [6.45, 7) is 0. The highest BCUT2D eigenvalue weighted by Gasteiger charge is 2.03. The second-order valence-electron chi connectivity index (χ2n) is 1.91. The van der Waals surface area contributed by atoms with Crippen LogP contribution in [0, 0.1) is 9.39 Å². The van der Waals surface area contributed by atoms with Gasteiger partial charge in [-0.1, -0.05) is 21.0 Å². The first-order valence-electron chi connectivity index (χ1n) is 2.85. The van der Waals surface area contributed by atoms with E-state index in [0.717, 1.165) is 0 Å². The molecule has 0 aliphatic carbocycles. The third kappa shape index (κ3) is 2.09. The zero-order chi connectivity index (χ0) is 9.14. The average Bonchev–Trinajstić information content (AvgIpc) is 2.01. The first-order chi connectivity index (χ1) is 5.65. The average molecular weight is 342 g/mol. The summed E-state index contributed by atoms with van der Waals surface area (Å²) < 4.78 is 13.9. The Morgan fingerprint density at radius 3 is 2.83 bits per heavy atom. The van der Waals surface area contributed by atoms with Gasteiger partial charge in [0.2, 0.25) is 0 Å². The summed E-state index contributed by atoms with van der Waals surface area (Å²) in [7, 11) is 0. The SMILES string of the molecule is [N-]=[N+]=Nc1cc(F)c(I)cc1Br. The van der Waals surface area contributed by atoms with Gasteiger partial charge in [0.05, 0.1) is 5.69 Å². The monoisotopic (exact) mass is 341 g/mol. The lowest BCUT2D eigenvalue weighted by Crippen LogP contribution is -1.80. The van der Waals surface area contributed by atoms with Gasteiger partial charge >= 0.3 is 0 Å². The minimum Gasteiger partial charge on any atom is -0.206 e. The topological polar surface area (TPSA) is 48.8 Å². The second kappa shape index (κ2) is 4.06. The van der Waals surface area contributed by atoms with Crippen molar-refractivity contribution in [1.29, 1.82) is 0 Å². The predicted octanol–water partition coefficient (Wildman–Crippen LogP) is 4.13. The molecule has 0 N–H and O–H groups in total. The van der Waals surface area contributed by atoms with Crippen LogP contribution in [0.5, 0.6) is 0 Å². The van der Waals surface area contributed by atoms with Crippen LogP contribution in [0.15, 0.2) is 21.7 Å². The molecule has 3 nitrogen and oxygen atoms in total. The number of hydrogen-bond donors (Lipinski definition) is 0. The van der Waals surface area contributed by atoms with Gasteiger partial charge in [0.25, 0.3) is 0 Å². The molecular weight excluding hydrogens is 340 g/mol. The summed E-state index contributed by atoms with van der Waals surface area (Å²) >= 11 is 5.00. The number of halogens is 3. The molecule has 12 heavy (non-hydrogen) atoms. The number of nitrogens with zero attached hydrogens (tertiary/aromatic N) is 3. The van der Waals surface area contributed by atoms with Crippen molar-refractivity contribution in [3.05, 3.63) is 36.4 Å². The van der Waals surface area contributed by atoms with E-state index in [1.54, 1.807) is 6.07 Å². The van der Waals surface area contributed by atoms with Crippen molar-refractivity contribution in [3.63, 3.8) is 0 Å². The van der Waals surface area contributed by atoms with Gasteiger partial charge < -0.3 is 0 Å². The summed E-state index contributed by atoms with van der Waals surface area (Å²) in [5.74, 6) is -0.388. The molecule has 1 aromatic carbocycles. The normalized spacial score (nSPS) is 9.25. The Morgan fingerprint density at radius 2 is 2.25 bits per heavy atom. The van der Waals surface area contributed by atoms with Crippen LogP contribution in [0.25, 0.3) is 10.4 Å². The molecule has 62 valence electrons. The van der Waals surface area contributed by atoms with E-state index in [2.05, 4.69) is 26.0 Å². The van der Waals surface area contributed by atoms with Crippen molar-refractivity contribution in [2.45, 2.75) is 0 Å². The third-order valence-corrected chi connectivity index (χ3v) is 2.60. The molecule has 0 fully saturated rings. The quantitative estimate of drug-likeness (QED) is 0.242. The van der Waals surface area contributed by atoms with Crippen molar-refractivity contribution in [2.24, 2.45) is 5.11 Å². The van der Waals surface area contributed by atoms with E-state index in [1.807, 2.05) is 22.6 Å². The molecule has 0 spiro atoms. The van der Waals surface area contributed by atoms with Gasteiger partial charge in [-0.15, -0.1) is 0 Å². The van der Waals surface area contributed by atoms with Gasteiger partial charge in [-0.2, -0.15) is 0 Å². The van der Waals surface area contributed by atoms with Crippen LogP contribution in [0.4, 0.5) is 10.1 Å². The van der Waals surface area contributed by atoms with E-state index in [4.69, 9.17) is 5.53 Å². The van der Waals surface area contributed by atoms with Gasteiger partial charge in [0, 0.05) is 13.0 Å². The second-order valence-corrected chi connectivity index (χ2v) is 3.92. The van der Waals surface area contributed by atoms with Crippen molar-refractivity contribution in [1.82, 2.24) is 0 Å². The molecule has 0 radical (unpaired) electrons. The first kappa shape index (κ1) is 9.76. The minimum atomic E-state index is -0.388. The molecule has 1 rings (SSSR count). The highest BCUT2D eigenvalue weighted by molar-refractivity contribution is 14.1. The van der Waals surface area contributed by atoms with Gasteiger partial charge in [-0.3, -0.25) is 0 Å². The summed E-state index contributed by atoms with van der Waals surface area (Å²) in [6.07, 6.45) is 0. The lowest BCUT2D eigenvalue weighted by atomic mass is 10.3. The van der Waals surface area contributed by atoms with E-state index in [-0.39, 0.29) is 11.5 Å². The molecule has 0 atom stereocenters. The Hall–Kier alpha value is -0.330. The van der Waals surface area contributed by atoms with Crippen molar-refractivity contribution < 1.29 is 4.39 Å². The van der Waals surface area contributed by atoms with Crippen LogP contribution in [0.2, 0.25) is 0 Å². The van der Waals surface area contributed by atoms with E-state index < -0.39 is 0 Å². The van der Waals surface area contributed by atoms with Crippen LogP contribution >= 0.6 is 38.5 Å². The van der Waals surface area contributed by atoms with E-state index in [0.29, 0.717) is 8.04 Å². The molecule has 0 amide bonds. The van der Waals surface area contributed by atoms with Gasteiger partial charge in [0.1, 0.15) is 5.82 Å². The predicted molar refractivity (Wildman–Crippen MR) is 55.6 cm³/mol. The zero-order valence-corrected chi connectivity index (χ0v) is 9.37. The smallest absolute Gasteiger partial charge is 0.137 e. The molecule has 0 bridgehead atoms. The fraction of sp³-hybridized carbons (Fsp3) is 0. The maximum absolute atomic E-state index is 12.9. The number of rotatable bonds is 1. The lowest BCUT2D eigenvalue weighted by molar-refractivity contribution is 0.620. The molecule has 0 saturated carbocycles. The van der Waals surface area contributed by atoms with Crippen molar-refractivity contribution in [2.75, 3.05) is 0 Å². The van der Waals surface area contributed by atoms with E-state index >= 15 is 0 Å². The Kier molecular flexibility index (Phi) is 3.30. The van der Waals surface area contributed by atoms with Gasteiger partial charge in [-0.05, 0) is 40.3 Å². The summed E-state index contributed by atoms with van der Waals surface area (Å²) in [5, 5.41) is 3.30. The Morgan fingerprint density at radius 1 is 1.58 bits per heavy atom. The van der Waals surface area contributed by atoms with Gasteiger partial charge in [-0.25, -0.2) is 4.39 Å². The summed E-state index contributed by atoms with van der Waals surface area (Å²) in [5.41, 5.74) is 8.38. The van der Waals surface area contributed by atoms with E-state index in [1.165, 1.54) is 6.07 Å². The highest BCUT2D eigenvalue weighted by Crippen LogP contribution is 2.29. The maximum Gasteiger partial charge on any atom is 0.137 e. The Balaban J connectivity index is 3.32. The van der Waals surface area contributed by atoms with Crippen molar-refractivity contribution in [3.8, 4) is 0 Å². The molecule has 0 unspecified atom stereocenters. The number of benzene rings is 1. The minimum absolute atomic E-state index is 0.260. The Labute approximate surface area is 89.9 Å². The van der Waals surface area contributed by atoms with Gasteiger partial charge in [0.15, 0.2) is 0 Å². The molecule has 0 aliphatic rings. The standard InChI is InChI=1S/C6H2BrFIN3/c7-3-1-5(9)4(8)2-6(3)11-12-10/h1-2H. The molecule has 0 heterocycles. The first-order valence-corrected chi connectivity index (χ1v) is 4.72. The van der Waals surface area contributed by atoms with Crippen molar-refractivity contribution >= 4 is 44.2 Å². The molecule has 1 aromatic rings. The lowest BCUT2D eigenvalue weighted by Gasteiger charge is -1.98. The fourth-order valence-electron chi connectivity index (χ4n) is 0.637. The van der Waals surface area contributed by atoms with Crippen LogP contribution in [-0.4, -0.2) is 0 Å². The molecule has 0 saturated heterocycles. The van der Waals surface area contributed by atoms with Crippen LogP contribution < -0.4 is 0 Å². The highest BCUT2D eigenvalue weighted by atomic mass is 127. The van der Waals surface area contributed by atoms with E-state index in [9.17, 15) is 4.39 Å².